The van der Waals surface area contributed by atoms with Crippen LogP contribution in [-0.4, -0.2) is 7.11 Å². The third kappa shape index (κ3) is 4.25. The van der Waals surface area contributed by atoms with Crippen LogP contribution in [0, 0.1) is 23.1 Å². The van der Waals surface area contributed by atoms with Crippen LogP contribution in [0.3, 0.4) is 0 Å². The Morgan fingerprint density at radius 3 is 2.57 bits per heavy atom. The summed E-state index contributed by atoms with van der Waals surface area (Å²) >= 11 is 0. The molecular formula is C20H28FNO. The quantitative estimate of drug-likeness (QED) is 0.599. The second-order valence-corrected chi connectivity index (χ2v) is 6.83. The molecule has 1 aromatic carbocycles. The molecule has 0 saturated heterocycles. The van der Waals surface area contributed by atoms with Gasteiger partial charge in [0.1, 0.15) is 11.6 Å². The van der Waals surface area contributed by atoms with E-state index in [1.165, 1.54) is 45.3 Å². The lowest BCUT2D eigenvalue weighted by molar-refractivity contribution is 0.257. The van der Waals surface area contributed by atoms with Gasteiger partial charge in [0.05, 0.1) is 18.6 Å². The molecule has 0 atom stereocenters. The molecule has 1 fully saturated rings. The minimum Gasteiger partial charge on any atom is -0.497 e. The summed E-state index contributed by atoms with van der Waals surface area (Å²) in [4.78, 5) is 0. The van der Waals surface area contributed by atoms with Gasteiger partial charge in [0.25, 0.3) is 0 Å². The number of hydrogen-bond acceptors (Lipinski definition) is 2. The lowest BCUT2D eigenvalue weighted by Crippen LogP contribution is -2.31. The summed E-state index contributed by atoms with van der Waals surface area (Å²) in [5.74, 6) is 0.894. The minimum absolute atomic E-state index is 0.313. The second-order valence-electron chi connectivity index (χ2n) is 6.83. The summed E-state index contributed by atoms with van der Waals surface area (Å²) in [7, 11) is 1.53. The molecule has 0 unspecified atom stereocenters. The molecule has 0 bridgehead atoms. The molecular weight excluding hydrogens is 289 g/mol. The second kappa shape index (κ2) is 8.34. The molecule has 3 heteroatoms. The number of unbranched alkanes of at least 4 members (excludes halogenated alkanes) is 3. The number of hydrogen-bond donors (Lipinski definition) is 0. The Bertz CT molecular complexity index is 541. The average molecular weight is 317 g/mol. The lowest BCUT2D eigenvalue weighted by Gasteiger charge is -2.35. The lowest BCUT2D eigenvalue weighted by atomic mass is 9.66. The fraction of sp³-hybridized carbons (Fsp3) is 0.650. The summed E-state index contributed by atoms with van der Waals surface area (Å²) in [6, 6.07) is 7.32. The Morgan fingerprint density at radius 2 is 2.00 bits per heavy atom. The number of nitrogens with zero attached hydrogens (tertiary/aromatic N) is 1. The van der Waals surface area contributed by atoms with Crippen LogP contribution in [0.5, 0.6) is 5.75 Å². The van der Waals surface area contributed by atoms with E-state index in [9.17, 15) is 9.65 Å². The van der Waals surface area contributed by atoms with E-state index in [-0.39, 0.29) is 5.82 Å². The monoisotopic (exact) mass is 317 g/mol. The largest absolute Gasteiger partial charge is 0.497 e. The summed E-state index contributed by atoms with van der Waals surface area (Å²) in [5.41, 5.74) is -0.110. The van der Waals surface area contributed by atoms with E-state index in [1.54, 1.807) is 12.1 Å². The highest BCUT2D eigenvalue weighted by atomic mass is 19.1. The molecule has 2 nitrogen and oxygen atoms in total. The van der Waals surface area contributed by atoms with Gasteiger partial charge in [0, 0.05) is 11.6 Å². The third-order valence-corrected chi connectivity index (χ3v) is 5.33. The molecule has 1 aromatic rings. The van der Waals surface area contributed by atoms with Gasteiger partial charge in [-0.05, 0) is 37.7 Å². The van der Waals surface area contributed by atoms with E-state index >= 15 is 0 Å². The fourth-order valence-corrected chi connectivity index (χ4v) is 3.77. The molecule has 0 amide bonds. The molecule has 0 spiro atoms. The minimum atomic E-state index is -0.656. The van der Waals surface area contributed by atoms with Crippen LogP contribution in [0.4, 0.5) is 4.39 Å². The molecule has 0 N–H and O–H groups in total. The van der Waals surface area contributed by atoms with Crippen molar-refractivity contribution in [2.45, 2.75) is 70.1 Å². The first-order valence-electron chi connectivity index (χ1n) is 8.90. The van der Waals surface area contributed by atoms with Crippen molar-refractivity contribution in [2.75, 3.05) is 7.11 Å². The van der Waals surface area contributed by atoms with Crippen LogP contribution in [0.15, 0.2) is 18.2 Å². The van der Waals surface area contributed by atoms with Crippen molar-refractivity contribution >= 4 is 0 Å². The molecule has 1 saturated carbocycles. The molecule has 0 radical (unpaired) electrons. The van der Waals surface area contributed by atoms with Gasteiger partial charge in [-0.15, -0.1) is 0 Å². The van der Waals surface area contributed by atoms with Crippen molar-refractivity contribution in [3.05, 3.63) is 29.6 Å². The Labute approximate surface area is 139 Å². The molecule has 23 heavy (non-hydrogen) atoms. The SMILES string of the molecule is CCCCCCC1CCC(C#N)(c2ccc(OC)cc2F)CC1. The smallest absolute Gasteiger partial charge is 0.131 e. The topological polar surface area (TPSA) is 33.0 Å². The zero-order chi connectivity index (χ0) is 16.7. The van der Waals surface area contributed by atoms with Gasteiger partial charge in [-0.25, -0.2) is 4.39 Å². The number of rotatable bonds is 7. The summed E-state index contributed by atoms with van der Waals surface area (Å²) in [5, 5.41) is 9.73. The van der Waals surface area contributed by atoms with Crippen molar-refractivity contribution < 1.29 is 9.13 Å². The van der Waals surface area contributed by atoms with Gasteiger partial charge in [-0.2, -0.15) is 5.26 Å². The zero-order valence-corrected chi connectivity index (χ0v) is 14.4. The Morgan fingerprint density at radius 1 is 1.26 bits per heavy atom. The molecule has 0 aromatic heterocycles. The molecule has 2 rings (SSSR count). The Kier molecular flexibility index (Phi) is 6.45. The van der Waals surface area contributed by atoms with Crippen LogP contribution in [0.2, 0.25) is 0 Å². The summed E-state index contributed by atoms with van der Waals surface area (Å²) in [6.45, 7) is 2.23. The van der Waals surface area contributed by atoms with Gasteiger partial charge in [0.15, 0.2) is 0 Å². The normalized spacial score (nSPS) is 24.2. The van der Waals surface area contributed by atoms with Crippen LogP contribution in [0.25, 0.3) is 0 Å². The summed E-state index contributed by atoms with van der Waals surface area (Å²) < 4.78 is 19.5. The van der Waals surface area contributed by atoms with Crippen molar-refractivity contribution in [1.82, 2.24) is 0 Å². The highest BCUT2D eigenvalue weighted by molar-refractivity contribution is 5.38. The van der Waals surface area contributed by atoms with Crippen molar-refractivity contribution in [2.24, 2.45) is 5.92 Å². The van der Waals surface area contributed by atoms with E-state index in [4.69, 9.17) is 4.74 Å². The predicted molar refractivity (Wildman–Crippen MR) is 91.0 cm³/mol. The van der Waals surface area contributed by atoms with Gasteiger partial charge in [-0.1, -0.05) is 45.1 Å². The maximum absolute atomic E-state index is 14.4. The maximum Gasteiger partial charge on any atom is 0.131 e. The number of ether oxygens (including phenoxy) is 1. The first-order chi connectivity index (χ1) is 11.1. The van der Waals surface area contributed by atoms with Gasteiger partial charge in [0.2, 0.25) is 0 Å². The Balaban J connectivity index is 2.00. The first kappa shape index (κ1) is 17.8. The number of benzene rings is 1. The van der Waals surface area contributed by atoms with E-state index < -0.39 is 5.41 Å². The van der Waals surface area contributed by atoms with E-state index in [0.29, 0.717) is 17.2 Å². The summed E-state index contributed by atoms with van der Waals surface area (Å²) in [6.07, 6.45) is 10.0. The third-order valence-electron chi connectivity index (χ3n) is 5.33. The molecule has 1 aliphatic carbocycles. The van der Waals surface area contributed by atoms with Crippen LogP contribution < -0.4 is 4.74 Å². The number of nitriles is 1. The first-order valence-corrected chi connectivity index (χ1v) is 8.90. The van der Waals surface area contributed by atoms with Crippen LogP contribution in [-0.2, 0) is 5.41 Å². The molecule has 0 aliphatic heterocycles. The molecule has 0 heterocycles. The Hall–Kier alpha value is -1.56. The van der Waals surface area contributed by atoms with E-state index in [2.05, 4.69) is 13.0 Å². The van der Waals surface area contributed by atoms with Crippen molar-refractivity contribution in [1.29, 1.82) is 5.26 Å². The van der Waals surface area contributed by atoms with Gasteiger partial charge < -0.3 is 4.74 Å². The number of methoxy groups -OCH3 is 1. The average Bonchev–Trinajstić information content (AvgIpc) is 2.59. The highest BCUT2D eigenvalue weighted by Gasteiger charge is 2.38. The highest BCUT2D eigenvalue weighted by Crippen LogP contribution is 2.43. The van der Waals surface area contributed by atoms with Crippen molar-refractivity contribution in [3.63, 3.8) is 0 Å². The fourth-order valence-electron chi connectivity index (χ4n) is 3.77. The van der Waals surface area contributed by atoms with E-state index in [1.807, 2.05) is 0 Å². The van der Waals surface area contributed by atoms with Crippen molar-refractivity contribution in [3.8, 4) is 11.8 Å². The zero-order valence-electron chi connectivity index (χ0n) is 14.4. The molecule has 126 valence electrons. The van der Waals surface area contributed by atoms with Crippen LogP contribution in [0.1, 0.15) is 70.3 Å². The van der Waals surface area contributed by atoms with Gasteiger partial charge >= 0.3 is 0 Å². The number of halogens is 1. The maximum atomic E-state index is 14.4. The van der Waals surface area contributed by atoms with E-state index in [0.717, 1.165) is 25.7 Å². The van der Waals surface area contributed by atoms with Gasteiger partial charge in [-0.3, -0.25) is 0 Å². The van der Waals surface area contributed by atoms with Crippen LogP contribution >= 0.6 is 0 Å². The predicted octanol–water partition coefficient (Wildman–Crippen LogP) is 5.76. The molecule has 1 aliphatic rings. The standard InChI is InChI=1S/C20H28FNO/c1-3-4-5-6-7-16-10-12-20(15-22,13-11-16)18-9-8-17(23-2)14-19(18)21/h8-9,14,16H,3-7,10-13H2,1-2H3.